The number of nitrogens with zero attached hydrogens (tertiary/aromatic N) is 2. The van der Waals surface area contributed by atoms with Crippen LogP contribution < -0.4 is 15.1 Å². The zero-order valence-electron chi connectivity index (χ0n) is 19.7. The van der Waals surface area contributed by atoms with Crippen LogP contribution in [0, 0.1) is 13.8 Å². The summed E-state index contributed by atoms with van der Waals surface area (Å²) in [5.74, 6) is -1.12. The van der Waals surface area contributed by atoms with Crippen LogP contribution in [0.5, 0.6) is 0 Å². The number of hydrogen-bond donors (Lipinski definition) is 1. The quantitative estimate of drug-likeness (QED) is 0.479. The van der Waals surface area contributed by atoms with Crippen molar-refractivity contribution in [3.63, 3.8) is 0 Å². The number of carbonyl (C=O) groups is 3. The fraction of sp³-hybridized carbons (Fsp3) is 0.346. The summed E-state index contributed by atoms with van der Waals surface area (Å²) in [5, 5.41) is 2.73. The Hall–Kier alpha value is -3.12. The molecule has 4 amide bonds. The third-order valence-corrected chi connectivity index (χ3v) is 7.30. The molecule has 1 saturated heterocycles. The molecule has 172 valence electrons. The van der Waals surface area contributed by atoms with E-state index in [0.717, 1.165) is 33.7 Å². The number of amides is 4. The summed E-state index contributed by atoms with van der Waals surface area (Å²) in [6.45, 7) is 10.3. The molecule has 0 aliphatic carbocycles. The second-order valence-corrected chi connectivity index (χ2v) is 9.99. The van der Waals surface area contributed by atoms with Gasteiger partial charge in [-0.1, -0.05) is 30.7 Å². The lowest BCUT2D eigenvalue weighted by atomic mass is 9.80. The fourth-order valence-corrected chi connectivity index (χ4v) is 4.94. The van der Waals surface area contributed by atoms with Gasteiger partial charge in [-0.25, -0.2) is 9.69 Å². The molecule has 4 rings (SSSR count). The molecule has 2 aromatic carbocycles. The predicted molar refractivity (Wildman–Crippen MR) is 132 cm³/mol. The zero-order valence-corrected chi connectivity index (χ0v) is 20.5. The topological polar surface area (TPSA) is 69.7 Å². The molecule has 1 unspecified atom stereocenters. The minimum atomic E-state index is -0.759. The number of hydrogen-bond acceptors (Lipinski definition) is 4. The Kier molecular flexibility index (Phi) is 5.61. The van der Waals surface area contributed by atoms with Gasteiger partial charge in [0.05, 0.1) is 5.69 Å². The van der Waals surface area contributed by atoms with Crippen molar-refractivity contribution in [2.24, 2.45) is 0 Å². The molecule has 0 radical (unpaired) electrons. The molecule has 2 aromatic rings. The second kappa shape index (κ2) is 8.03. The number of urea groups is 1. The minimum Gasteiger partial charge on any atom is -0.369 e. The van der Waals surface area contributed by atoms with Crippen molar-refractivity contribution >= 4 is 46.9 Å². The SMILES string of the molecule is Cc1cccc(N2C(=O)NC(=O)/C(=C/c3cc4c(cc3Cl)N(C)C(C)(C)CC4C)C2=O)c1C. The molecule has 0 saturated carbocycles. The number of imide groups is 2. The van der Waals surface area contributed by atoms with Gasteiger partial charge in [0.25, 0.3) is 11.8 Å². The van der Waals surface area contributed by atoms with Crippen LogP contribution >= 0.6 is 11.6 Å². The maximum absolute atomic E-state index is 13.3. The lowest BCUT2D eigenvalue weighted by Crippen LogP contribution is -2.54. The summed E-state index contributed by atoms with van der Waals surface area (Å²) in [7, 11) is 2.05. The Morgan fingerprint density at radius 3 is 2.52 bits per heavy atom. The largest absolute Gasteiger partial charge is 0.369 e. The fourth-order valence-electron chi connectivity index (χ4n) is 4.72. The Morgan fingerprint density at radius 2 is 1.82 bits per heavy atom. The van der Waals surface area contributed by atoms with Crippen LogP contribution in [0.25, 0.3) is 6.08 Å². The number of fused-ring (bicyclic) bond motifs is 1. The minimum absolute atomic E-state index is 0.0124. The van der Waals surface area contributed by atoms with Gasteiger partial charge in [-0.15, -0.1) is 0 Å². The molecule has 0 aromatic heterocycles. The third-order valence-electron chi connectivity index (χ3n) is 6.97. The first kappa shape index (κ1) is 23.1. The molecular weight excluding hydrogens is 438 g/mol. The summed E-state index contributed by atoms with van der Waals surface area (Å²) < 4.78 is 0. The zero-order chi connectivity index (χ0) is 24.2. The first-order valence-corrected chi connectivity index (χ1v) is 11.3. The summed E-state index contributed by atoms with van der Waals surface area (Å²) in [5.41, 5.74) is 4.76. The lowest BCUT2D eigenvalue weighted by molar-refractivity contribution is -0.122. The Balaban J connectivity index is 1.79. The highest BCUT2D eigenvalue weighted by atomic mass is 35.5. The van der Waals surface area contributed by atoms with Crippen molar-refractivity contribution in [3.8, 4) is 0 Å². The molecule has 0 bridgehead atoms. The summed E-state index contributed by atoms with van der Waals surface area (Å²) in [4.78, 5) is 41.8. The van der Waals surface area contributed by atoms with Gasteiger partial charge in [-0.2, -0.15) is 0 Å². The van der Waals surface area contributed by atoms with Crippen LogP contribution in [0.1, 0.15) is 55.4 Å². The maximum Gasteiger partial charge on any atom is 0.335 e. The summed E-state index contributed by atoms with van der Waals surface area (Å²) >= 11 is 6.62. The van der Waals surface area contributed by atoms with E-state index in [1.54, 1.807) is 12.1 Å². The molecule has 1 fully saturated rings. The van der Waals surface area contributed by atoms with Gasteiger partial charge in [0.1, 0.15) is 5.57 Å². The number of nitrogens with one attached hydrogen (secondary N) is 1. The molecule has 1 atom stereocenters. The molecule has 2 aliphatic rings. The van der Waals surface area contributed by atoms with Crippen molar-refractivity contribution in [2.75, 3.05) is 16.8 Å². The van der Waals surface area contributed by atoms with Gasteiger partial charge in [-0.3, -0.25) is 14.9 Å². The van der Waals surface area contributed by atoms with Crippen LogP contribution in [-0.2, 0) is 9.59 Å². The van der Waals surface area contributed by atoms with E-state index in [1.165, 1.54) is 6.08 Å². The van der Waals surface area contributed by atoms with Gasteiger partial charge >= 0.3 is 6.03 Å². The van der Waals surface area contributed by atoms with E-state index in [4.69, 9.17) is 11.6 Å². The molecule has 6 nitrogen and oxygen atoms in total. The number of anilines is 2. The van der Waals surface area contributed by atoms with E-state index >= 15 is 0 Å². The van der Waals surface area contributed by atoms with E-state index in [0.29, 0.717) is 16.3 Å². The first-order chi connectivity index (χ1) is 15.4. The first-order valence-electron chi connectivity index (χ1n) is 11.0. The lowest BCUT2D eigenvalue weighted by Gasteiger charge is -2.45. The van der Waals surface area contributed by atoms with Crippen molar-refractivity contribution in [2.45, 2.75) is 52.5 Å². The van der Waals surface area contributed by atoms with Gasteiger partial charge < -0.3 is 4.90 Å². The van der Waals surface area contributed by atoms with Crippen LogP contribution in [0.15, 0.2) is 35.9 Å². The highest BCUT2D eigenvalue weighted by molar-refractivity contribution is 6.40. The van der Waals surface area contributed by atoms with E-state index in [-0.39, 0.29) is 17.0 Å². The van der Waals surface area contributed by atoms with Crippen molar-refractivity contribution in [3.05, 3.63) is 63.2 Å². The van der Waals surface area contributed by atoms with Gasteiger partial charge in [0.2, 0.25) is 0 Å². The standard InChI is InChI=1S/C26H28ClN3O3/c1-14-8-7-9-21(16(14)3)30-24(32)19(23(31)28-25(30)33)11-17-10-18-15(2)13-26(4,5)29(6)22(18)12-20(17)27/h7-12,15H,13H2,1-6H3,(H,28,31,33)/b19-11-. The van der Waals surface area contributed by atoms with E-state index < -0.39 is 17.8 Å². The third kappa shape index (κ3) is 3.82. The molecule has 7 heteroatoms. The Labute approximate surface area is 199 Å². The van der Waals surface area contributed by atoms with E-state index in [2.05, 4.69) is 31.0 Å². The van der Waals surface area contributed by atoms with Crippen molar-refractivity contribution in [1.29, 1.82) is 0 Å². The number of rotatable bonds is 2. The second-order valence-electron chi connectivity index (χ2n) is 9.59. The van der Waals surface area contributed by atoms with Crippen molar-refractivity contribution < 1.29 is 14.4 Å². The number of carbonyl (C=O) groups excluding carboxylic acids is 3. The number of benzene rings is 2. The van der Waals surface area contributed by atoms with Crippen LogP contribution in [0.2, 0.25) is 5.02 Å². The smallest absolute Gasteiger partial charge is 0.335 e. The van der Waals surface area contributed by atoms with Gasteiger partial charge in [0, 0.05) is 23.3 Å². The maximum atomic E-state index is 13.3. The van der Waals surface area contributed by atoms with Crippen LogP contribution in [0.4, 0.5) is 16.2 Å². The molecule has 2 heterocycles. The number of aryl methyl sites for hydroxylation is 1. The summed E-state index contributed by atoms with van der Waals surface area (Å²) in [6, 6.07) is 8.44. The van der Waals surface area contributed by atoms with Crippen LogP contribution in [0.3, 0.4) is 0 Å². The van der Waals surface area contributed by atoms with E-state index in [9.17, 15) is 14.4 Å². The Morgan fingerprint density at radius 1 is 1.12 bits per heavy atom. The van der Waals surface area contributed by atoms with Crippen LogP contribution in [-0.4, -0.2) is 30.4 Å². The average molecular weight is 466 g/mol. The molecule has 2 aliphatic heterocycles. The van der Waals surface area contributed by atoms with E-state index in [1.807, 2.05) is 39.1 Å². The Bertz CT molecular complexity index is 1230. The average Bonchev–Trinajstić information content (AvgIpc) is 2.72. The number of barbiturate groups is 1. The predicted octanol–water partition coefficient (Wildman–Crippen LogP) is 5.35. The normalized spacial score (nSPS) is 21.4. The molecule has 1 N–H and O–H groups in total. The van der Waals surface area contributed by atoms with Gasteiger partial charge in [-0.05, 0) is 86.6 Å². The van der Waals surface area contributed by atoms with Crippen molar-refractivity contribution in [1.82, 2.24) is 5.32 Å². The van der Waals surface area contributed by atoms with Gasteiger partial charge in [0.15, 0.2) is 0 Å². The highest BCUT2D eigenvalue weighted by Crippen LogP contribution is 2.44. The summed E-state index contributed by atoms with van der Waals surface area (Å²) in [6.07, 6.45) is 2.44. The number of halogens is 1. The highest BCUT2D eigenvalue weighted by Gasteiger charge is 2.38. The monoisotopic (exact) mass is 465 g/mol. The molecule has 0 spiro atoms. The molecule has 33 heavy (non-hydrogen) atoms. The molecular formula is C26H28ClN3O3.